The number of hydrogen-bond donors (Lipinski definition) is 1. The zero-order valence-electron chi connectivity index (χ0n) is 10.6. The lowest BCUT2D eigenvalue weighted by Crippen LogP contribution is -2.25. The van der Waals surface area contributed by atoms with Gasteiger partial charge in [-0.25, -0.2) is 0 Å². The van der Waals surface area contributed by atoms with Gasteiger partial charge in [0.15, 0.2) is 10.9 Å². The Morgan fingerprint density at radius 2 is 2.44 bits per heavy atom. The summed E-state index contributed by atoms with van der Waals surface area (Å²) in [7, 11) is 0. The number of carbonyl (C=O) groups is 2. The molecule has 1 aromatic rings. The highest BCUT2D eigenvalue weighted by Gasteiger charge is 2.33. The zero-order chi connectivity index (χ0) is 13.1. The predicted molar refractivity (Wildman–Crippen MR) is 71.6 cm³/mol. The first kappa shape index (κ1) is 13.1. The Morgan fingerprint density at radius 3 is 3.11 bits per heavy atom. The van der Waals surface area contributed by atoms with Gasteiger partial charge in [0, 0.05) is 36.9 Å². The first-order valence-corrected chi connectivity index (χ1v) is 7.00. The van der Waals surface area contributed by atoms with Crippen LogP contribution in [-0.2, 0) is 16.0 Å². The molecule has 5 nitrogen and oxygen atoms in total. The third-order valence-electron chi connectivity index (χ3n) is 2.84. The molecule has 6 heteroatoms. The molecule has 0 saturated carbocycles. The molecule has 1 atom stereocenters. The summed E-state index contributed by atoms with van der Waals surface area (Å²) in [5.74, 6) is 0.721. The van der Waals surface area contributed by atoms with Crippen LogP contribution < -0.4 is 4.90 Å². The lowest BCUT2D eigenvalue weighted by molar-refractivity contribution is -0.117. The highest BCUT2D eigenvalue weighted by molar-refractivity contribution is 8.14. The van der Waals surface area contributed by atoms with Crippen molar-refractivity contribution < 1.29 is 9.59 Å². The van der Waals surface area contributed by atoms with Crippen molar-refractivity contribution in [1.29, 1.82) is 0 Å². The van der Waals surface area contributed by atoms with E-state index < -0.39 is 0 Å². The quantitative estimate of drug-likeness (QED) is 0.902. The van der Waals surface area contributed by atoms with Crippen LogP contribution in [0.5, 0.6) is 0 Å². The molecule has 0 aromatic carbocycles. The van der Waals surface area contributed by atoms with Crippen LogP contribution in [-0.4, -0.2) is 33.0 Å². The molecule has 98 valence electrons. The maximum absolute atomic E-state index is 11.9. The van der Waals surface area contributed by atoms with Gasteiger partial charge in [-0.15, -0.1) is 0 Å². The van der Waals surface area contributed by atoms with Crippen LogP contribution in [0.1, 0.15) is 32.4 Å². The van der Waals surface area contributed by atoms with Gasteiger partial charge in [-0.1, -0.05) is 25.1 Å². The summed E-state index contributed by atoms with van der Waals surface area (Å²) in [5.41, 5.74) is 1.04. The summed E-state index contributed by atoms with van der Waals surface area (Å²) >= 11 is 1.24. The molecule has 1 aliphatic heterocycles. The number of carbonyl (C=O) groups excluding carboxylic acids is 2. The van der Waals surface area contributed by atoms with Crippen molar-refractivity contribution in [2.75, 3.05) is 11.4 Å². The van der Waals surface area contributed by atoms with E-state index in [0.717, 1.165) is 18.5 Å². The molecule has 1 saturated heterocycles. The van der Waals surface area contributed by atoms with E-state index >= 15 is 0 Å². The lowest BCUT2D eigenvalue weighted by Gasteiger charge is -2.12. The minimum absolute atomic E-state index is 0.0447. The highest BCUT2D eigenvalue weighted by atomic mass is 32.2. The van der Waals surface area contributed by atoms with Crippen LogP contribution in [0, 0.1) is 0 Å². The highest BCUT2D eigenvalue weighted by Crippen LogP contribution is 2.27. The van der Waals surface area contributed by atoms with Crippen molar-refractivity contribution >= 4 is 28.6 Å². The van der Waals surface area contributed by atoms with E-state index in [9.17, 15) is 9.59 Å². The minimum atomic E-state index is 0.0447. The molecule has 1 fully saturated rings. The average Bonchev–Trinajstić information content (AvgIpc) is 2.85. The van der Waals surface area contributed by atoms with Gasteiger partial charge < -0.3 is 0 Å². The molecular formula is C12H17N3O2S. The van der Waals surface area contributed by atoms with Gasteiger partial charge in [0.2, 0.25) is 5.91 Å². The van der Waals surface area contributed by atoms with Gasteiger partial charge in [-0.2, -0.15) is 5.10 Å². The summed E-state index contributed by atoms with van der Waals surface area (Å²) in [5, 5.41) is 7.22. The summed E-state index contributed by atoms with van der Waals surface area (Å²) in [6, 6.07) is 1.92. The fraction of sp³-hybridized carbons (Fsp3) is 0.583. The number of hydrogen-bond acceptors (Lipinski definition) is 4. The maximum Gasteiger partial charge on any atom is 0.229 e. The lowest BCUT2D eigenvalue weighted by atomic mass is 10.2. The van der Waals surface area contributed by atoms with Crippen molar-refractivity contribution in [3.05, 3.63) is 11.8 Å². The van der Waals surface area contributed by atoms with Gasteiger partial charge in [0.1, 0.15) is 0 Å². The summed E-state index contributed by atoms with van der Waals surface area (Å²) in [6.07, 6.45) is 2.39. The molecule has 0 aliphatic carbocycles. The first-order chi connectivity index (χ1) is 8.60. The molecule has 1 amide bonds. The van der Waals surface area contributed by atoms with Crippen molar-refractivity contribution in [3.63, 3.8) is 0 Å². The fourth-order valence-electron chi connectivity index (χ4n) is 2.10. The van der Waals surface area contributed by atoms with Crippen LogP contribution >= 0.6 is 11.8 Å². The number of aryl methyl sites for hydroxylation is 1. The second-order valence-corrected chi connectivity index (χ2v) is 5.92. The van der Waals surface area contributed by atoms with Gasteiger partial charge >= 0.3 is 0 Å². The monoisotopic (exact) mass is 267 g/mol. The second kappa shape index (κ2) is 5.56. The van der Waals surface area contributed by atoms with E-state index in [2.05, 4.69) is 17.1 Å². The van der Waals surface area contributed by atoms with Crippen LogP contribution in [0.2, 0.25) is 0 Å². The van der Waals surface area contributed by atoms with Crippen LogP contribution in [0.25, 0.3) is 0 Å². The van der Waals surface area contributed by atoms with Gasteiger partial charge in [0.05, 0.1) is 0 Å². The van der Waals surface area contributed by atoms with E-state index in [4.69, 9.17) is 0 Å². The molecule has 1 N–H and O–H groups in total. The largest absolute Gasteiger partial charge is 0.294 e. The van der Waals surface area contributed by atoms with Crippen molar-refractivity contribution in [2.45, 2.75) is 38.4 Å². The normalized spacial score (nSPS) is 19.6. The van der Waals surface area contributed by atoms with Crippen molar-refractivity contribution in [2.24, 2.45) is 0 Å². The molecule has 0 radical (unpaired) electrons. The molecule has 2 rings (SSSR count). The van der Waals surface area contributed by atoms with Crippen LogP contribution in [0.3, 0.4) is 0 Å². The molecule has 1 aromatic heterocycles. The molecule has 2 heterocycles. The first-order valence-electron chi connectivity index (χ1n) is 6.12. The number of amides is 1. The third-order valence-corrected chi connectivity index (χ3v) is 3.82. The summed E-state index contributed by atoms with van der Waals surface area (Å²) < 4.78 is 0. The number of H-pyrrole nitrogens is 1. The SMILES string of the molecule is CCCc1cc(N2CC(SC(C)=O)CC2=O)n[nH]1. The van der Waals surface area contributed by atoms with E-state index in [1.54, 1.807) is 4.90 Å². The van der Waals surface area contributed by atoms with Gasteiger partial charge in [-0.3, -0.25) is 19.6 Å². The second-order valence-electron chi connectivity index (χ2n) is 4.44. The Hall–Kier alpha value is -1.30. The Bertz CT molecular complexity index is 458. The van der Waals surface area contributed by atoms with Crippen molar-refractivity contribution in [1.82, 2.24) is 10.2 Å². The Kier molecular flexibility index (Phi) is 4.06. The van der Waals surface area contributed by atoms with Gasteiger partial charge in [-0.05, 0) is 6.42 Å². The fourth-order valence-corrected chi connectivity index (χ4v) is 3.01. The number of thioether (sulfide) groups is 1. The minimum Gasteiger partial charge on any atom is -0.294 e. The number of aromatic nitrogens is 2. The predicted octanol–water partition coefficient (Wildman–Crippen LogP) is 1.75. The molecule has 1 aliphatic rings. The van der Waals surface area contributed by atoms with E-state index in [1.807, 2.05) is 6.07 Å². The van der Waals surface area contributed by atoms with Crippen LogP contribution in [0.15, 0.2) is 6.07 Å². The number of anilines is 1. The topological polar surface area (TPSA) is 66.1 Å². The summed E-state index contributed by atoms with van der Waals surface area (Å²) in [6.45, 7) is 4.20. The number of nitrogens with one attached hydrogen (secondary N) is 1. The average molecular weight is 267 g/mol. The van der Waals surface area contributed by atoms with E-state index in [-0.39, 0.29) is 16.3 Å². The van der Waals surface area contributed by atoms with E-state index in [0.29, 0.717) is 18.8 Å². The smallest absolute Gasteiger partial charge is 0.229 e. The number of aromatic amines is 1. The Labute approximate surface area is 110 Å². The molecule has 1 unspecified atom stereocenters. The van der Waals surface area contributed by atoms with Crippen LogP contribution in [0.4, 0.5) is 5.82 Å². The zero-order valence-corrected chi connectivity index (χ0v) is 11.4. The van der Waals surface area contributed by atoms with Crippen molar-refractivity contribution in [3.8, 4) is 0 Å². The molecule has 0 bridgehead atoms. The Balaban J connectivity index is 2.04. The maximum atomic E-state index is 11.9. The molecular weight excluding hydrogens is 250 g/mol. The molecule has 0 spiro atoms. The summed E-state index contributed by atoms with van der Waals surface area (Å²) in [4.78, 5) is 24.6. The standard InChI is InChI=1S/C12H17N3O2S/c1-3-4-9-5-11(14-13-9)15-7-10(6-12(15)17)18-8(2)16/h5,10H,3-4,6-7H2,1-2H3,(H,13,14). The number of nitrogens with zero attached hydrogens (tertiary/aromatic N) is 2. The molecule has 18 heavy (non-hydrogen) atoms. The van der Waals surface area contributed by atoms with E-state index in [1.165, 1.54) is 18.7 Å². The number of rotatable bonds is 4. The Morgan fingerprint density at radius 1 is 1.67 bits per heavy atom. The third kappa shape index (κ3) is 2.93. The van der Waals surface area contributed by atoms with Gasteiger partial charge in [0.25, 0.3) is 0 Å².